The fraction of sp³-hybridized carbons (Fsp3) is 0.737. The molecule has 0 aromatic carbocycles. The van der Waals surface area contributed by atoms with Gasteiger partial charge >= 0.3 is 0 Å². The zero-order valence-corrected chi connectivity index (χ0v) is 12.9. The lowest BCUT2D eigenvalue weighted by Crippen LogP contribution is -2.37. The molecule has 4 aliphatic carbocycles. The summed E-state index contributed by atoms with van der Waals surface area (Å²) in [6.45, 7) is 4.65. The molecular weight excluding hydrogens is 244 g/mol. The van der Waals surface area contributed by atoms with Crippen molar-refractivity contribution in [3.05, 3.63) is 22.8 Å². The van der Waals surface area contributed by atoms with E-state index in [1.807, 2.05) is 6.08 Å². The van der Waals surface area contributed by atoms with Crippen molar-refractivity contribution in [2.24, 2.45) is 23.2 Å². The second-order valence-corrected chi connectivity index (χ2v) is 7.98. The van der Waals surface area contributed by atoms with E-state index >= 15 is 0 Å². The van der Waals surface area contributed by atoms with Crippen LogP contribution in [-0.4, -0.2) is 5.78 Å². The maximum absolute atomic E-state index is 11.9. The van der Waals surface area contributed by atoms with Crippen LogP contribution in [0.2, 0.25) is 0 Å². The van der Waals surface area contributed by atoms with Crippen LogP contribution in [0.15, 0.2) is 22.8 Å². The lowest BCUT2D eigenvalue weighted by molar-refractivity contribution is -0.118. The SMILES string of the molecule is CC1CC2=C3CC[C@]4(C)CCC[C@H]4[C@@H]3CCC2=CC1=O. The van der Waals surface area contributed by atoms with Gasteiger partial charge in [-0.3, -0.25) is 4.79 Å². The Bertz CT molecular complexity index is 524. The van der Waals surface area contributed by atoms with Gasteiger partial charge in [0, 0.05) is 5.92 Å². The lowest BCUT2D eigenvalue weighted by Gasteiger charge is -2.47. The van der Waals surface area contributed by atoms with Crippen molar-refractivity contribution in [1.29, 1.82) is 0 Å². The van der Waals surface area contributed by atoms with Crippen molar-refractivity contribution in [1.82, 2.24) is 0 Å². The molecule has 0 amide bonds. The average Bonchev–Trinajstić information content (AvgIpc) is 2.82. The van der Waals surface area contributed by atoms with Gasteiger partial charge in [-0.2, -0.15) is 0 Å². The van der Waals surface area contributed by atoms with E-state index in [-0.39, 0.29) is 5.92 Å². The van der Waals surface area contributed by atoms with Crippen LogP contribution in [0.3, 0.4) is 0 Å². The van der Waals surface area contributed by atoms with E-state index in [1.54, 1.807) is 11.1 Å². The first-order chi connectivity index (χ1) is 9.58. The Morgan fingerprint density at radius 1 is 1.20 bits per heavy atom. The van der Waals surface area contributed by atoms with E-state index in [0.717, 1.165) is 24.7 Å². The van der Waals surface area contributed by atoms with Gasteiger partial charge in [-0.1, -0.05) is 25.8 Å². The Kier molecular flexibility index (Phi) is 2.78. The van der Waals surface area contributed by atoms with E-state index in [1.165, 1.54) is 44.1 Å². The minimum Gasteiger partial charge on any atom is -0.295 e. The molecule has 0 spiro atoms. The summed E-state index contributed by atoms with van der Waals surface area (Å²) in [5.41, 5.74) is 5.42. The van der Waals surface area contributed by atoms with Crippen LogP contribution in [0.1, 0.15) is 65.2 Å². The molecule has 0 saturated heterocycles. The van der Waals surface area contributed by atoms with E-state index in [0.29, 0.717) is 11.2 Å². The minimum absolute atomic E-state index is 0.219. The van der Waals surface area contributed by atoms with E-state index in [2.05, 4.69) is 13.8 Å². The number of ketones is 1. The average molecular weight is 270 g/mol. The molecule has 20 heavy (non-hydrogen) atoms. The van der Waals surface area contributed by atoms with Crippen LogP contribution in [0.4, 0.5) is 0 Å². The summed E-state index contributed by atoms with van der Waals surface area (Å²) >= 11 is 0. The van der Waals surface area contributed by atoms with Crippen molar-refractivity contribution < 1.29 is 4.79 Å². The number of rotatable bonds is 0. The lowest BCUT2D eigenvalue weighted by atomic mass is 9.57. The van der Waals surface area contributed by atoms with Crippen molar-refractivity contribution in [2.45, 2.75) is 65.2 Å². The molecular formula is C19H26O. The quantitative estimate of drug-likeness (QED) is 0.616. The number of hydrogen-bond donors (Lipinski definition) is 0. The Hall–Kier alpha value is -0.850. The predicted octanol–water partition coefficient (Wildman–Crippen LogP) is 4.83. The predicted molar refractivity (Wildman–Crippen MR) is 81.3 cm³/mol. The molecule has 0 radical (unpaired) electrons. The van der Waals surface area contributed by atoms with Gasteiger partial charge in [0.25, 0.3) is 0 Å². The van der Waals surface area contributed by atoms with Gasteiger partial charge in [-0.05, 0) is 79.4 Å². The maximum atomic E-state index is 11.9. The second kappa shape index (κ2) is 4.32. The van der Waals surface area contributed by atoms with Crippen molar-refractivity contribution in [2.75, 3.05) is 0 Å². The monoisotopic (exact) mass is 270 g/mol. The number of carbonyl (C=O) groups excluding carboxylic acids is 1. The smallest absolute Gasteiger partial charge is 0.159 e. The largest absolute Gasteiger partial charge is 0.295 e. The Morgan fingerprint density at radius 3 is 2.90 bits per heavy atom. The molecule has 1 unspecified atom stereocenters. The first-order valence-corrected chi connectivity index (χ1v) is 8.55. The van der Waals surface area contributed by atoms with Crippen molar-refractivity contribution in [3.8, 4) is 0 Å². The van der Waals surface area contributed by atoms with Gasteiger partial charge in [0.2, 0.25) is 0 Å². The standard InChI is InChI=1S/C19H26O/c1-12-10-16-13(11-18(12)20)5-6-15-14(16)7-9-19(2)8-3-4-17(15)19/h11-12,15,17H,3-10H2,1-2H3/t12?,15-,17+,19+/m1/s1. The third kappa shape index (κ3) is 1.71. The molecule has 2 saturated carbocycles. The van der Waals surface area contributed by atoms with E-state index in [4.69, 9.17) is 0 Å². The second-order valence-electron chi connectivity index (χ2n) is 7.98. The molecule has 4 rings (SSSR count). The molecule has 108 valence electrons. The first-order valence-electron chi connectivity index (χ1n) is 8.55. The molecule has 0 bridgehead atoms. The molecule has 1 heteroatoms. The molecule has 0 aromatic heterocycles. The summed E-state index contributed by atoms with van der Waals surface area (Å²) in [5, 5.41) is 0. The number of allylic oxidation sites excluding steroid dienone is 4. The van der Waals surface area contributed by atoms with Crippen LogP contribution >= 0.6 is 0 Å². The molecule has 0 aromatic rings. The highest BCUT2D eigenvalue weighted by molar-refractivity contribution is 5.94. The van der Waals surface area contributed by atoms with Crippen molar-refractivity contribution >= 4 is 5.78 Å². The minimum atomic E-state index is 0.219. The molecule has 0 N–H and O–H groups in total. The third-order valence-corrected chi connectivity index (χ3v) is 6.87. The normalized spacial score (nSPS) is 43.8. The Balaban J connectivity index is 1.75. The molecule has 2 fully saturated rings. The van der Waals surface area contributed by atoms with Gasteiger partial charge in [-0.25, -0.2) is 0 Å². The summed E-state index contributed by atoms with van der Waals surface area (Å²) in [7, 11) is 0. The van der Waals surface area contributed by atoms with Gasteiger partial charge in [0.05, 0.1) is 0 Å². The highest BCUT2D eigenvalue weighted by atomic mass is 16.1. The summed E-state index contributed by atoms with van der Waals surface area (Å²) < 4.78 is 0. The van der Waals surface area contributed by atoms with Gasteiger partial charge in [-0.15, -0.1) is 0 Å². The van der Waals surface area contributed by atoms with Gasteiger partial charge < -0.3 is 0 Å². The third-order valence-electron chi connectivity index (χ3n) is 6.87. The fourth-order valence-corrected chi connectivity index (χ4v) is 5.67. The summed E-state index contributed by atoms with van der Waals surface area (Å²) in [6, 6.07) is 0. The molecule has 4 atom stereocenters. The number of hydrogen-bond acceptors (Lipinski definition) is 1. The van der Waals surface area contributed by atoms with Gasteiger partial charge in [0.1, 0.15) is 0 Å². The topological polar surface area (TPSA) is 17.1 Å². The van der Waals surface area contributed by atoms with Gasteiger partial charge in [0.15, 0.2) is 5.78 Å². The first kappa shape index (κ1) is 12.9. The molecule has 1 nitrogen and oxygen atoms in total. The van der Waals surface area contributed by atoms with Crippen LogP contribution < -0.4 is 0 Å². The van der Waals surface area contributed by atoms with E-state index in [9.17, 15) is 4.79 Å². The zero-order valence-electron chi connectivity index (χ0n) is 12.9. The highest BCUT2D eigenvalue weighted by Crippen LogP contribution is 2.60. The zero-order chi connectivity index (χ0) is 13.9. The molecule has 0 heterocycles. The highest BCUT2D eigenvalue weighted by Gasteiger charge is 2.48. The van der Waals surface area contributed by atoms with Crippen LogP contribution in [0, 0.1) is 23.2 Å². The van der Waals surface area contributed by atoms with Crippen LogP contribution in [0.5, 0.6) is 0 Å². The Labute approximate surface area is 122 Å². The molecule has 0 aliphatic heterocycles. The summed E-state index contributed by atoms with van der Waals surface area (Å²) in [6.07, 6.45) is 12.5. The molecule has 4 aliphatic rings. The fourth-order valence-electron chi connectivity index (χ4n) is 5.67. The number of fused-ring (bicyclic) bond motifs is 4. The van der Waals surface area contributed by atoms with E-state index < -0.39 is 0 Å². The Morgan fingerprint density at radius 2 is 2.05 bits per heavy atom. The van der Waals surface area contributed by atoms with Crippen molar-refractivity contribution in [3.63, 3.8) is 0 Å². The number of carbonyl (C=O) groups is 1. The van der Waals surface area contributed by atoms with Crippen LogP contribution in [0.25, 0.3) is 0 Å². The maximum Gasteiger partial charge on any atom is 0.159 e. The summed E-state index contributed by atoms with van der Waals surface area (Å²) in [5.74, 6) is 2.37. The summed E-state index contributed by atoms with van der Waals surface area (Å²) in [4.78, 5) is 11.9. The van der Waals surface area contributed by atoms with Crippen LogP contribution in [-0.2, 0) is 4.79 Å².